The van der Waals surface area contributed by atoms with Crippen LogP contribution in [0.2, 0.25) is 0 Å². The summed E-state index contributed by atoms with van der Waals surface area (Å²) < 4.78 is 13.4. The zero-order valence-electron chi connectivity index (χ0n) is 11.9. The summed E-state index contributed by atoms with van der Waals surface area (Å²) in [4.78, 5) is 15.6. The molecule has 1 amide bonds. The van der Waals surface area contributed by atoms with Gasteiger partial charge in [0, 0.05) is 0 Å². The van der Waals surface area contributed by atoms with Crippen LogP contribution in [-0.2, 0) is 4.79 Å². The van der Waals surface area contributed by atoms with Crippen LogP contribution in [0.3, 0.4) is 0 Å². The van der Waals surface area contributed by atoms with Crippen LogP contribution in [0, 0.1) is 0 Å². The highest BCUT2D eigenvalue weighted by Gasteiger charge is 2.17. The van der Waals surface area contributed by atoms with Crippen molar-refractivity contribution in [2.45, 2.75) is 25.8 Å². The Balaban J connectivity index is 2.41. The van der Waals surface area contributed by atoms with E-state index in [1.54, 1.807) is 14.0 Å². The molecule has 21 heavy (non-hydrogen) atoms. The van der Waals surface area contributed by atoms with Crippen LogP contribution in [-0.4, -0.2) is 52.0 Å². The minimum Gasteiger partial charge on any atom is -0.388 e. The van der Waals surface area contributed by atoms with Crippen molar-refractivity contribution in [1.82, 2.24) is 25.9 Å². The lowest BCUT2D eigenvalue weighted by molar-refractivity contribution is -0.118. The summed E-state index contributed by atoms with van der Waals surface area (Å²) in [5.41, 5.74) is 5.32. The fraction of sp³-hybridized carbons (Fsp3) is 0.545. The number of allylic oxidation sites excluding steroid dienone is 1. The number of carbonyl (C=O) groups excluding carboxylic acids is 1. The van der Waals surface area contributed by atoms with Crippen molar-refractivity contribution in [1.29, 1.82) is 0 Å². The molecule has 0 radical (unpaired) electrons. The maximum absolute atomic E-state index is 13.4. The fourth-order valence-electron chi connectivity index (χ4n) is 1.49. The number of aliphatic imine (C=N–C) groups is 1. The second-order valence-corrected chi connectivity index (χ2v) is 4.25. The summed E-state index contributed by atoms with van der Waals surface area (Å²) >= 11 is 0. The van der Waals surface area contributed by atoms with Gasteiger partial charge in [-0.1, -0.05) is 11.2 Å². The summed E-state index contributed by atoms with van der Waals surface area (Å²) in [6.45, 7) is 1.51. The number of H-pyrrole nitrogens is 1. The average Bonchev–Trinajstić information content (AvgIpc) is 2.94. The minimum atomic E-state index is -0.493. The van der Waals surface area contributed by atoms with Crippen LogP contribution in [0.25, 0.3) is 0 Å². The third kappa shape index (κ3) is 6.56. The average molecular weight is 298 g/mol. The molecular formula is C11H19FN8O. The van der Waals surface area contributed by atoms with Gasteiger partial charge < -0.3 is 11.1 Å². The largest absolute Gasteiger partial charge is 0.388 e. The quantitative estimate of drug-likeness (QED) is 0.386. The Hall–Kier alpha value is -2.36. The number of tetrazole rings is 1. The third-order valence-corrected chi connectivity index (χ3v) is 2.55. The van der Waals surface area contributed by atoms with Crippen molar-refractivity contribution in [3.05, 3.63) is 11.9 Å². The number of nitrogens with zero attached hydrogens (tertiary/aromatic N) is 4. The van der Waals surface area contributed by atoms with Crippen molar-refractivity contribution in [2.75, 3.05) is 18.9 Å². The van der Waals surface area contributed by atoms with E-state index in [1.165, 1.54) is 6.08 Å². The van der Waals surface area contributed by atoms with E-state index < -0.39 is 6.04 Å². The minimum absolute atomic E-state index is 0.0817. The molecule has 0 saturated heterocycles. The van der Waals surface area contributed by atoms with E-state index in [-0.39, 0.29) is 24.2 Å². The topological polar surface area (TPSA) is 134 Å². The number of aromatic amines is 1. The molecule has 5 N–H and O–H groups in total. The Morgan fingerprint density at radius 2 is 2.38 bits per heavy atom. The van der Waals surface area contributed by atoms with E-state index in [9.17, 15) is 9.18 Å². The first-order valence-electron chi connectivity index (χ1n) is 6.35. The van der Waals surface area contributed by atoms with Gasteiger partial charge in [0.2, 0.25) is 5.91 Å². The number of hydrogen-bond donors (Lipinski definition) is 4. The van der Waals surface area contributed by atoms with Crippen LogP contribution >= 0.6 is 0 Å². The molecule has 0 aliphatic heterocycles. The Kier molecular flexibility index (Phi) is 6.95. The summed E-state index contributed by atoms with van der Waals surface area (Å²) in [7, 11) is 1.64. The number of aromatic nitrogens is 4. The Morgan fingerprint density at radius 3 is 2.95 bits per heavy atom. The molecule has 0 aliphatic rings. The molecule has 0 fully saturated rings. The Morgan fingerprint density at radius 1 is 1.62 bits per heavy atom. The summed E-state index contributed by atoms with van der Waals surface area (Å²) in [6.07, 6.45) is 2.19. The molecule has 0 aromatic carbocycles. The SMILES string of the molecule is CN[C@@H](CC/C=C(/F)CN=C(C)N)C(=O)Nc1nn[nH]n1. The normalized spacial score (nSPS) is 14.0. The number of amides is 1. The lowest BCUT2D eigenvalue weighted by Gasteiger charge is -2.13. The second kappa shape index (κ2) is 8.74. The van der Waals surface area contributed by atoms with Gasteiger partial charge in [0.05, 0.1) is 18.4 Å². The number of likely N-dealkylation sites (N-methyl/N-ethyl adjacent to an activating group) is 1. The van der Waals surface area contributed by atoms with Gasteiger partial charge in [-0.25, -0.2) is 4.39 Å². The van der Waals surface area contributed by atoms with Crippen molar-refractivity contribution in [2.24, 2.45) is 10.7 Å². The zero-order chi connectivity index (χ0) is 15.7. The van der Waals surface area contributed by atoms with E-state index in [0.717, 1.165) is 0 Å². The molecule has 0 bridgehead atoms. The molecule has 0 aliphatic carbocycles. The van der Waals surface area contributed by atoms with E-state index >= 15 is 0 Å². The first-order valence-corrected chi connectivity index (χ1v) is 6.35. The zero-order valence-corrected chi connectivity index (χ0v) is 11.9. The molecular weight excluding hydrogens is 279 g/mol. The summed E-state index contributed by atoms with van der Waals surface area (Å²) in [6, 6.07) is -0.493. The van der Waals surface area contributed by atoms with E-state index in [2.05, 4.69) is 36.3 Å². The fourth-order valence-corrected chi connectivity index (χ4v) is 1.49. The van der Waals surface area contributed by atoms with Crippen LogP contribution in [0.5, 0.6) is 0 Å². The lowest BCUT2D eigenvalue weighted by Crippen LogP contribution is -2.38. The molecule has 0 saturated carbocycles. The van der Waals surface area contributed by atoms with Crippen molar-refractivity contribution < 1.29 is 9.18 Å². The van der Waals surface area contributed by atoms with Gasteiger partial charge in [-0.15, -0.1) is 5.10 Å². The maximum Gasteiger partial charge on any atom is 0.269 e. The highest BCUT2D eigenvalue weighted by molar-refractivity contribution is 5.93. The number of amidine groups is 1. The van der Waals surface area contributed by atoms with Gasteiger partial charge in [-0.2, -0.15) is 5.21 Å². The Bertz CT molecular complexity index is 494. The standard InChI is InChI=1S/C11H19FN8O/c1-7(13)15-6-8(12)4-3-5-9(14-2)10(21)16-11-17-19-20-18-11/h4,9,14H,3,5-6H2,1-2H3,(H2,13,15)(H2,16,17,18,19,20,21)/b8-4+/t9-/m0/s1. The molecule has 116 valence electrons. The molecule has 9 nitrogen and oxygen atoms in total. The first kappa shape index (κ1) is 16.7. The molecule has 0 unspecified atom stereocenters. The van der Waals surface area contributed by atoms with Gasteiger partial charge in [-0.3, -0.25) is 15.1 Å². The van der Waals surface area contributed by atoms with Crippen molar-refractivity contribution in [3.63, 3.8) is 0 Å². The van der Waals surface area contributed by atoms with Gasteiger partial charge >= 0.3 is 0 Å². The highest BCUT2D eigenvalue weighted by Crippen LogP contribution is 2.06. The number of nitrogens with two attached hydrogens (primary N) is 1. The number of rotatable bonds is 8. The Labute approximate surface area is 121 Å². The third-order valence-electron chi connectivity index (χ3n) is 2.55. The molecule has 1 aromatic heterocycles. The number of carbonyl (C=O) groups is 1. The van der Waals surface area contributed by atoms with Gasteiger partial charge in [-0.05, 0) is 32.0 Å². The molecule has 0 spiro atoms. The number of hydrogen-bond acceptors (Lipinski definition) is 6. The molecule has 10 heteroatoms. The lowest BCUT2D eigenvalue weighted by atomic mass is 10.1. The van der Waals surface area contributed by atoms with Crippen LogP contribution in [0.15, 0.2) is 16.9 Å². The van der Waals surface area contributed by atoms with Gasteiger partial charge in [0.1, 0.15) is 5.83 Å². The van der Waals surface area contributed by atoms with Crippen LogP contribution in [0.1, 0.15) is 19.8 Å². The first-order chi connectivity index (χ1) is 10.0. The monoisotopic (exact) mass is 298 g/mol. The van der Waals surface area contributed by atoms with Crippen LogP contribution in [0.4, 0.5) is 10.3 Å². The number of halogens is 1. The summed E-state index contributed by atoms with van der Waals surface area (Å²) in [5.74, 6) is -0.280. The van der Waals surface area contributed by atoms with Crippen LogP contribution < -0.4 is 16.4 Å². The van der Waals surface area contributed by atoms with Gasteiger partial charge in [0.25, 0.3) is 5.95 Å². The van der Waals surface area contributed by atoms with Crippen molar-refractivity contribution >= 4 is 17.7 Å². The van der Waals surface area contributed by atoms with Crippen molar-refractivity contribution in [3.8, 4) is 0 Å². The van der Waals surface area contributed by atoms with E-state index in [0.29, 0.717) is 18.7 Å². The molecule has 1 rings (SSSR count). The molecule has 1 heterocycles. The maximum atomic E-state index is 13.4. The number of nitrogens with one attached hydrogen (secondary N) is 3. The second-order valence-electron chi connectivity index (χ2n) is 4.25. The van der Waals surface area contributed by atoms with E-state index in [4.69, 9.17) is 5.73 Å². The molecule has 1 aromatic rings. The van der Waals surface area contributed by atoms with Gasteiger partial charge in [0.15, 0.2) is 0 Å². The molecule has 1 atom stereocenters. The highest BCUT2D eigenvalue weighted by atomic mass is 19.1. The predicted molar refractivity (Wildman–Crippen MR) is 76.2 cm³/mol. The summed E-state index contributed by atoms with van der Waals surface area (Å²) in [5, 5.41) is 18.1. The number of anilines is 1. The smallest absolute Gasteiger partial charge is 0.269 e. The predicted octanol–water partition coefficient (Wildman–Crippen LogP) is -0.263. The van der Waals surface area contributed by atoms with E-state index in [1.807, 2.05) is 0 Å².